The standard InChI is InChI=1S/C14H19N3S2.Na.H2O.H2S/c1-3-4-5-6-9-18-14-13(16-19-17-14)12-8-7-11(2)15-10-12;;;/h7-8,10H,3-6,9H2,1-2H3;;2*1H2. The summed E-state index contributed by atoms with van der Waals surface area (Å²) in [6, 6.07) is 4.09. The van der Waals surface area contributed by atoms with E-state index in [1.165, 1.54) is 37.4 Å². The van der Waals surface area contributed by atoms with E-state index < -0.39 is 0 Å². The minimum atomic E-state index is 0. The van der Waals surface area contributed by atoms with Gasteiger partial charge in [0.2, 0.25) is 0 Å². The van der Waals surface area contributed by atoms with Crippen molar-refractivity contribution in [3.05, 3.63) is 24.0 Å². The Morgan fingerprint density at radius 2 is 1.91 bits per heavy atom. The Bertz CT molecular complexity index is 508. The summed E-state index contributed by atoms with van der Waals surface area (Å²) in [4.78, 5) is 4.32. The third-order valence-corrected chi connectivity index (χ3v) is 4.57. The van der Waals surface area contributed by atoms with Crippen LogP contribution >= 0.6 is 37.0 Å². The maximum absolute atomic E-state index is 4.40. The number of aromatic nitrogens is 3. The zero-order valence-electron chi connectivity index (χ0n) is 13.4. The summed E-state index contributed by atoms with van der Waals surface area (Å²) in [6.07, 6.45) is 7.05. The van der Waals surface area contributed by atoms with Crippen LogP contribution in [0.1, 0.15) is 38.3 Å². The Kier molecular flexibility index (Phi) is 15.4. The maximum Gasteiger partial charge on any atom is 0.138 e. The van der Waals surface area contributed by atoms with Crippen molar-refractivity contribution in [2.45, 2.75) is 44.6 Å². The van der Waals surface area contributed by atoms with E-state index in [4.69, 9.17) is 0 Å². The summed E-state index contributed by atoms with van der Waals surface area (Å²) in [6.45, 7) is 4.23. The molecular weight excluding hydrogens is 345 g/mol. The molecule has 1 radical (unpaired) electrons. The van der Waals surface area contributed by atoms with E-state index in [-0.39, 0.29) is 48.5 Å². The van der Waals surface area contributed by atoms with Crippen molar-refractivity contribution in [3.63, 3.8) is 0 Å². The molecule has 119 valence electrons. The minimum absolute atomic E-state index is 0. The molecule has 2 aromatic rings. The first-order valence-electron chi connectivity index (χ1n) is 6.69. The summed E-state index contributed by atoms with van der Waals surface area (Å²) < 4.78 is 8.80. The molecule has 2 aromatic heterocycles. The average molecular weight is 369 g/mol. The van der Waals surface area contributed by atoms with E-state index in [1.54, 1.807) is 0 Å². The van der Waals surface area contributed by atoms with Crippen molar-refractivity contribution in [1.29, 1.82) is 0 Å². The van der Waals surface area contributed by atoms with Crippen LogP contribution in [0, 0.1) is 6.92 Å². The first-order chi connectivity index (χ1) is 9.31. The molecule has 2 rings (SSSR count). The van der Waals surface area contributed by atoms with Gasteiger partial charge < -0.3 is 5.48 Å². The second-order valence-corrected chi connectivity index (χ2v) is 6.13. The number of aryl methyl sites for hydroxylation is 1. The fourth-order valence-electron chi connectivity index (χ4n) is 1.76. The Morgan fingerprint density at radius 1 is 1.14 bits per heavy atom. The van der Waals surface area contributed by atoms with E-state index in [0.717, 1.165) is 27.7 Å². The number of hydrogen-bond acceptors (Lipinski definition) is 5. The number of thioether (sulfide) groups is 1. The van der Waals surface area contributed by atoms with Gasteiger partial charge in [0.1, 0.15) is 10.7 Å². The Labute approximate surface area is 170 Å². The quantitative estimate of drug-likeness (QED) is 0.426. The molecule has 0 spiro atoms. The van der Waals surface area contributed by atoms with Crippen LogP contribution in [0.25, 0.3) is 11.3 Å². The predicted molar refractivity (Wildman–Crippen MR) is 102 cm³/mol. The molecule has 4 nitrogen and oxygen atoms in total. The van der Waals surface area contributed by atoms with Gasteiger partial charge in [-0.2, -0.15) is 22.2 Å². The van der Waals surface area contributed by atoms with Gasteiger partial charge in [-0.1, -0.05) is 26.2 Å². The molecule has 0 aliphatic rings. The van der Waals surface area contributed by atoms with Gasteiger partial charge in [0.05, 0.1) is 11.7 Å². The Balaban J connectivity index is 0. The van der Waals surface area contributed by atoms with Crippen LogP contribution in [0.5, 0.6) is 0 Å². The molecular formula is C14H23N3NaOS3. The average Bonchev–Trinajstić information content (AvgIpc) is 2.88. The van der Waals surface area contributed by atoms with Crippen LogP contribution in [0.2, 0.25) is 0 Å². The van der Waals surface area contributed by atoms with Crippen LogP contribution in [0.4, 0.5) is 0 Å². The van der Waals surface area contributed by atoms with Crippen molar-refractivity contribution in [3.8, 4) is 11.3 Å². The molecule has 0 aliphatic carbocycles. The van der Waals surface area contributed by atoms with Gasteiger partial charge in [0.25, 0.3) is 0 Å². The number of rotatable bonds is 7. The molecule has 22 heavy (non-hydrogen) atoms. The summed E-state index contributed by atoms with van der Waals surface area (Å²) in [5, 5.41) is 1.05. The van der Waals surface area contributed by atoms with Crippen molar-refractivity contribution in [2.75, 3.05) is 5.75 Å². The monoisotopic (exact) mass is 368 g/mol. The smallest absolute Gasteiger partial charge is 0.138 e. The van der Waals surface area contributed by atoms with Gasteiger partial charge in [-0.15, -0.1) is 11.8 Å². The molecule has 0 atom stereocenters. The first kappa shape index (κ1) is 24.6. The number of pyridine rings is 1. The second-order valence-electron chi connectivity index (χ2n) is 4.52. The van der Waals surface area contributed by atoms with E-state index >= 15 is 0 Å². The van der Waals surface area contributed by atoms with E-state index in [0.29, 0.717) is 0 Å². The third kappa shape index (κ3) is 7.77. The Hall–Kier alpha value is 0.370. The minimum Gasteiger partial charge on any atom is -0.412 e. The van der Waals surface area contributed by atoms with Gasteiger partial charge in [-0.3, -0.25) is 4.98 Å². The van der Waals surface area contributed by atoms with Crippen molar-refractivity contribution >= 4 is 66.5 Å². The molecule has 0 bridgehead atoms. The second kappa shape index (κ2) is 13.8. The van der Waals surface area contributed by atoms with Gasteiger partial charge in [-0.05, 0) is 31.2 Å². The molecule has 2 N–H and O–H groups in total. The topological polar surface area (TPSA) is 70.2 Å². The van der Waals surface area contributed by atoms with E-state index in [9.17, 15) is 0 Å². The molecule has 0 saturated carbocycles. The molecule has 0 aromatic carbocycles. The largest absolute Gasteiger partial charge is 0.412 e. The summed E-state index contributed by atoms with van der Waals surface area (Å²) in [5.41, 5.74) is 3.08. The molecule has 0 saturated heterocycles. The van der Waals surface area contributed by atoms with E-state index in [2.05, 4.69) is 26.7 Å². The number of hydrogen-bond donors (Lipinski definition) is 0. The van der Waals surface area contributed by atoms with Gasteiger partial charge in [-0.25, -0.2) is 0 Å². The van der Waals surface area contributed by atoms with Crippen LogP contribution in [0.3, 0.4) is 0 Å². The fourth-order valence-corrected chi connectivity index (χ4v) is 3.44. The zero-order chi connectivity index (χ0) is 13.5. The normalized spacial score (nSPS) is 9.36. The number of nitrogens with zero attached hydrogens (tertiary/aromatic N) is 3. The van der Waals surface area contributed by atoms with Gasteiger partial charge in [0, 0.05) is 47.0 Å². The molecule has 8 heteroatoms. The zero-order valence-corrected chi connectivity index (χ0v) is 18.1. The van der Waals surface area contributed by atoms with Crippen LogP contribution < -0.4 is 0 Å². The predicted octanol–water partition coefficient (Wildman–Crippen LogP) is 3.49. The molecule has 0 fully saturated rings. The van der Waals surface area contributed by atoms with Crippen LogP contribution in [-0.4, -0.2) is 54.5 Å². The van der Waals surface area contributed by atoms with Crippen molar-refractivity contribution in [1.82, 2.24) is 13.7 Å². The van der Waals surface area contributed by atoms with Crippen molar-refractivity contribution in [2.24, 2.45) is 0 Å². The fraction of sp³-hybridized carbons (Fsp3) is 0.500. The maximum atomic E-state index is 4.40. The summed E-state index contributed by atoms with van der Waals surface area (Å²) in [7, 11) is 0. The number of unbranched alkanes of at least 4 members (excludes halogenated alkanes) is 3. The molecule has 0 unspecified atom stereocenters. The SMILES string of the molecule is CCCCCCSc1nsnc1-c1ccc(C)nc1.O.S.[Na]. The molecule has 0 amide bonds. The van der Waals surface area contributed by atoms with Crippen molar-refractivity contribution < 1.29 is 5.48 Å². The van der Waals surface area contributed by atoms with Gasteiger partial charge >= 0.3 is 0 Å². The van der Waals surface area contributed by atoms with E-state index in [1.807, 2.05) is 30.9 Å². The third-order valence-electron chi connectivity index (χ3n) is 2.88. The summed E-state index contributed by atoms with van der Waals surface area (Å²) >= 11 is 3.10. The first-order valence-corrected chi connectivity index (χ1v) is 8.41. The molecule has 0 aliphatic heterocycles. The van der Waals surface area contributed by atoms with Crippen LogP contribution in [0.15, 0.2) is 23.4 Å². The summed E-state index contributed by atoms with van der Waals surface area (Å²) in [5.74, 6) is 1.12. The molecule has 2 heterocycles. The van der Waals surface area contributed by atoms with Crippen LogP contribution in [-0.2, 0) is 0 Å². The Morgan fingerprint density at radius 3 is 2.55 bits per heavy atom. The van der Waals surface area contributed by atoms with Gasteiger partial charge in [0.15, 0.2) is 0 Å².